The fraction of sp³-hybridized carbons (Fsp3) is 0.282. The Morgan fingerprint density at radius 1 is 0.643 bits per heavy atom. The van der Waals surface area contributed by atoms with Gasteiger partial charge in [-0.1, -0.05) is 124 Å². The molecule has 1 spiro atoms. The van der Waals surface area contributed by atoms with Crippen LogP contribution >= 0.6 is 11.8 Å². The third-order valence-corrected chi connectivity index (χ3v) is 11.1. The van der Waals surface area contributed by atoms with E-state index in [9.17, 15) is 5.11 Å². The molecule has 0 saturated heterocycles. The van der Waals surface area contributed by atoms with Crippen LogP contribution in [0.3, 0.4) is 0 Å². The molecule has 8 rings (SSSR count). The lowest BCUT2D eigenvalue weighted by Gasteiger charge is -2.51. The quantitative estimate of drug-likeness (QED) is 0.230. The van der Waals surface area contributed by atoms with E-state index in [0.717, 1.165) is 45.4 Å². The van der Waals surface area contributed by atoms with Gasteiger partial charge >= 0.3 is 0 Å². The van der Waals surface area contributed by atoms with Crippen molar-refractivity contribution in [3.63, 3.8) is 0 Å². The van der Waals surface area contributed by atoms with Crippen LogP contribution in [-0.2, 0) is 10.3 Å². The highest BCUT2D eigenvalue weighted by Crippen LogP contribution is 2.66. The van der Waals surface area contributed by atoms with E-state index in [4.69, 9.17) is 4.74 Å². The average molecular weight is 569 g/mol. The molecule has 1 fully saturated rings. The molecule has 5 aromatic rings. The van der Waals surface area contributed by atoms with Gasteiger partial charge in [-0.05, 0) is 75.9 Å². The van der Waals surface area contributed by atoms with Crippen molar-refractivity contribution in [2.45, 2.75) is 62.2 Å². The highest BCUT2D eigenvalue weighted by atomic mass is 32.2. The van der Waals surface area contributed by atoms with Crippen molar-refractivity contribution < 1.29 is 9.84 Å². The van der Waals surface area contributed by atoms with Gasteiger partial charge in [-0.3, -0.25) is 0 Å². The summed E-state index contributed by atoms with van der Waals surface area (Å²) >= 11 is 1.72. The molecule has 0 bridgehead atoms. The molecule has 2 nitrogen and oxygen atoms in total. The second-order valence-electron chi connectivity index (χ2n) is 14.2. The fourth-order valence-electron chi connectivity index (χ4n) is 9.05. The van der Waals surface area contributed by atoms with E-state index >= 15 is 0 Å². The summed E-state index contributed by atoms with van der Waals surface area (Å²) < 4.78 is 7.05. The zero-order valence-corrected chi connectivity index (χ0v) is 25.5. The molecular weight excluding hydrogens is 532 g/mol. The second-order valence-corrected chi connectivity index (χ2v) is 15.4. The van der Waals surface area contributed by atoms with Gasteiger partial charge in [-0.25, -0.2) is 0 Å². The van der Waals surface area contributed by atoms with Crippen molar-refractivity contribution in [2.24, 2.45) is 10.8 Å². The van der Waals surface area contributed by atoms with Crippen LogP contribution in [0, 0.1) is 10.8 Å². The number of hydrogen-bond donors (Lipinski definition) is 1. The maximum absolute atomic E-state index is 11.7. The Morgan fingerprint density at radius 2 is 1.24 bits per heavy atom. The van der Waals surface area contributed by atoms with Crippen LogP contribution in [0.25, 0.3) is 21.9 Å². The number of rotatable bonds is 2. The van der Waals surface area contributed by atoms with E-state index in [1.54, 1.807) is 11.8 Å². The van der Waals surface area contributed by atoms with Gasteiger partial charge in [0.1, 0.15) is 11.5 Å². The van der Waals surface area contributed by atoms with Gasteiger partial charge in [0.2, 0.25) is 4.93 Å². The molecule has 2 aliphatic carbocycles. The summed E-state index contributed by atoms with van der Waals surface area (Å²) in [7, 11) is 0. The molecule has 1 heterocycles. The largest absolute Gasteiger partial charge is 0.507 e. The van der Waals surface area contributed by atoms with Gasteiger partial charge in [0.05, 0.1) is 4.90 Å². The number of thioether (sulfide) groups is 1. The molecule has 3 aliphatic rings. The van der Waals surface area contributed by atoms with E-state index in [-0.39, 0.29) is 16.2 Å². The van der Waals surface area contributed by atoms with Crippen molar-refractivity contribution in [1.82, 2.24) is 0 Å². The molecule has 0 unspecified atom stereocenters. The normalized spacial score (nSPS) is 20.1. The van der Waals surface area contributed by atoms with E-state index in [1.807, 2.05) is 12.1 Å². The average Bonchev–Trinajstić information content (AvgIpc) is 3.46. The lowest BCUT2D eigenvalue weighted by Crippen LogP contribution is -2.43. The van der Waals surface area contributed by atoms with E-state index in [2.05, 4.69) is 119 Å². The topological polar surface area (TPSA) is 29.5 Å². The van der Waals surface area contributed by atoms with E-state index < -0.39 is 4.93 Å². The number of fused-ring (bicyclic) bond motifs is 8. The molecule has 3 heteroatoms. The zero-order valence-electron chi connectivity index (χ0n) is 24.7. The van der Waals surface area contributed by atoms with Gasteiger partial charge in [-0.15, -0.1) is 0 Å². The smallest absolute Gasteiger partial charge is 0.210 e. The first kappa shape index (κ1) is 26.0. The number of phenolic OH excluding ortho intramolecular Hbond substituents is 1. The van der Waals surface area contributed by atoms with Crippen LogP contribution in [-0.4, -0.2) is 5.11 Å². The zero-order chi connectivity index (χ0) is 28.9. The highest BCUT2D eigenvalue weighted by molar-refractivity contribution is 8.00. The molecular formula is C39H36O2S. The lowest BCUT2D eigenvalue weighted by molar-refractivity contribution is 0.0645. The molecule has 5 aromatic carbocycles. The Bertz CT molecular complexity index is 1810. The number of hydrogen-bond acceptors (Lipinski definition) is 3. The fourth-order valence-corrected chi connectivity index (χ4v) is 10.4. The molecule has 0 radical (unpaired) electrons. The van der Waals surface area contributed by atoms with Crippen LogP contribution in [0.4, 0.5) is 0 Å². The van der Waals surface area contributed by atoms with E-state index in [0.29, 0.717) is 5.75 Å². The minimum atomic E-state index is -0.697. The van der Waals surface area contributed by atoms with Gasteiger partial charge in [-0.2, -0.15) is 0 Å². The summed E-state index contributed by atoms with van der Waals surface area (Å²) in [6.45, 7) is 9.67. The maximum Gasteiger partial charge on any atom is 0.210 e. The predicted molar refractivity (Wildman–Crippen MR) is 173 cm³/mol. The minimum absolute atomic E-state index is 0.130. The predicted octanol–water partition coefficient (Wildman–Crippen LogP) is 10.4. The van der Waals surface area contributed by atoms with Gasteiger partial charge in [0.15, 0.2) is 0 Å². The van der Waals surface area contributed by atoms with Crippen LogP contribution in [0.5, 0.6) is 11.5 Å². The van der Waals surface area contributed by atoms with Crippen LogP contribution in [0.2, 0.25) is 0 Å². The molecule has 1 saturated carbocycles. The summed E-state index contributed by atoms with van der Waals surface area (Å²) in [6.07, 6.45) is 3.33. The number of aromatic hydroxyl groups is 1. The van der Waals surface area contributed by atoms with Crippen LogP contribution in [0.1, 0.15) is 69.2 Å². The van der Waals surface area contributed by atoms with Crippen molar-refractivity contribution in [2.75, 3.05) is 0 Å². The Morgan fingerprint density at radius 3 is 1.88 bits per heavy atom. The van der Waals surface area contributed by atoms with E-state index in [1.165, 1.54) is 28.7 Å². The molecule has 0 amide bonds. The summed E-state index contributed by atoms with van der Waals surface area (Å²) in [5, 5.41) is 13.7. The van der Waals surface area contributed by atoms with Crippen LogP contribution < -0.4 is 4.74 Å². The highest BCUT2D eigenvalue weighted by Gasteiger charge is 2.54. The Balaban J connectivity index is 1.37. The summed E-state index contributed by atoms with van der Waals surface area (Å²) in [6, 6.07) is 36.4. The van der Waals surface area contributed by atoms with Gasteiger partial charge < -0.3 is 9.84 Å². The Labute approximate surface area is 252 Å². The summed E-state index contributed by atoms with van der Waals surface area (Å²) in [4.78, 5) is 0.351. The molecule has 210 valence electrons. The maximum atomic E-state index is 11.7. The second kappa shape index (κ2) is 8.67. The molecule has 0 aromatic heterocycles. The lowest BCUT2D eigenvalue weighted by atomic mass is 9.52. The SMILES string of the molecule is CC1(C)CC(C)(C)CC2(C1)c1ccccc1-c1c2cc(O)c2cc3c(cc12)OC(c1ccccc1)(c1ccccc1)S3. The summed E-state index contributed by atoms with van der Waals surface area (Å²) in [5.41, 5.74) is 7.69. The van der Waals surface area contributed by atoms with Crippen molar-refractivity contribution in [3.8, 4) is 22.6 Å². The monoisotopic (exact) mass is 568 g/mol. The van der Waals surface area contributed by atoms with Gasteiger partial charge in [0.25, 0.3) is 0 Å². The number of ether oxygens (including phenoxy) is 1. The Kier molecular flexibility index (Phi) is 5.36. The summed E-state index contributed by atoms with van der Waals surface area (Å²) in [5.74, 6) is 1.23. The van der Waals surface area contributed by atoms with Crippen molar-refractivity contribution in [1.29, 1.82) is 0 Å². The molecule has 1 N–H and O–H groups in total. The number of phenols is 1. The van der Waals surface area contributed by atoms with Crippen LogP contribution in [0.15, 0.2) is 108 Å². The Hall–Kier alpha value is -3.69. The standard InChI is InChI=1S/C39H36O2S/c1-36(2)22-37(3,4)24-38(23-36)30-18-12-11-17-27(30)35-29-19-33-34(20-28(29)32(40)21-31(35)38)42-39(41-33,25-13-7-5-8-14-25)26-15-9-6-10-16-26/h5-21,40H,22-24H2,1-4H3. The molecule has 0 atom stereocenters. The molecule has 1 aliphatic heterocycles. The first-order valence-electron chi connectivity index (χ1n) is 15.0. The van der Waals surface area contributed by atoms with Crippen molar-refractivity contribution in [3.05, 3.63) is 125 Å². The first-order chi connectivity index (χ1) is 20.1. The first-order valence-corrected chi connectivity index (χ1v) is 15.9. The number of benzene rings is 5. The third kappa shape index (κ3) is 3.65. The minimum Gasteiger partial charge on any atom is -0.507 e. The van der Waals surface area contributed by atoms with Gasteiger partial charge in [0, 0.05) is 21.9 Å². The molecule has 42 heavy (non-hydrogen) atoms. The third-order valence-electron chi connectivity index (χ3n) is 9.74. The van der Waals surface area contributed by atoms with Crippen molar-refractivity contribution >= 4 is 22.5 Å².